The Morgan fingerprint density at radius 1 is 1.16 bits per heavy atom. The molecule has 0 unspecified atom stereocenters. The van der Waals surface area contributed by atoms with E-state index in [0.717, 1.165) is 26.1 Å². The van der Waals surface area contributed by atoms with Gasteiger partial charge in [0.25, 0.3) is 0 Å². The number of nitrogens with two attached hydrogens (primary N) is 1. The van der Waals surface area contributed by atoms with Gasteiger partial charge in [-0.2, -0.15) is 5.10 Å². The topological polar surface area (TPSA) is 50.3 Å². The molecule has 1 saturated heterocycles. The Morgan fingerprint density at radius 3 is 2.68 bits per heavy atom. The first kappa shape index (κ1) is 14.5. The van der Waals surface area contributed by atoms with Crippen molar-refractivity contribution in [3.8, 4) is 0 Å². The molecule has 0 aromatic carbocycles. The highest BCUT2D eigenvalue weighted by atomic mass is 15.3. The Morgan fingerprint density at radius 2 is 1.95 bits per heavy atom. The summed E-state index contributed by atoms with van der Waals surface area (Å²) in [4.78, 5) is 5.10. The second kappa shape index (κ2) is 7.62. The fourth-order valence-corrected chi connectivity index (χ4v) is 2.66. The maximum Gasteiger partial charge on any atom is 0.0764 e. The lowest BCUT2D eigenvalue weighted by Crippen LogP contribution is -2.31. The van der Waals surface area contributed by atoms with E-state index < -0.39 is 0 Å². The molecule has 108 valence electrons. The Balaban J connectivity index is 1.73. The smallest absolute Gasteiger partial charge is 0.0764 e. The van der Waals surface area contributed by atoms with Crippen LogP contribution in [-0.2, 0) is 13.6 Å². The van der Waals surface area contributed by atoms with Gasteiger partial charge in [0.15, 0.2) is 0 Å². The lowest BCUT2D eigenvalue weighted by Gasteiger charge is -2.21. The van der Waals surface area contributed by atoms with Crippen LogP contribution in [0.1, 0.15) is 25.0 Å². The number of unbranched alkanes of at least 4 members (excludes halogenated alkanes) is 1. The monoisotopic (exact) mass is 265 g/mol. The van der Waals surface area contributed by atoms with Crippen molar-refractivity contribution in [3.05, 3.63) is 18.0 Å². The number of nitrogens with zero attached hydrogens (tertiary/aromatic N) is 4. The molecule has 0 aliphatic carbocycles. The predicted molar refractivity (Wildman–Crippen MR) is 77.8 cm³/mol. The quantitative estimate of drug-likeness (QED) is 0.768. The van der Waals surface area contributed by atoms with E-state index in [9.17, 15) is 0 Å². The molecule has 1 aliphatic heterocycles. The van der Waals surface area contributed by atoms with Crippen LogP contribution in [-0.4, -0.2) is 58.8 Å². The van der Waals surface area contributed by atoms with Crippen molar-refractivity contribution in [2.45, 2.75) is 25.8 Å². The van der Waals surface area contributed by atoms with Crippen LogP contribution in [0.25, 0.3) is 0 Å². The lowest BCUT2D eigenvalue weighted by atomic mass is 10.3. The fourth-order valence-electron chi connectivity index (χ4n) is 2.66. The van der Waals surface area contributed by atoms with E-state index >= 15 is 0 Å². The molecular weight excluding hydrogens is 238 g/mol. The summed E-state index contributed by atoms with van der Waals surface area (Å²) in [5.74, 6) is 0. The molecule has 5 heteroatoms. The minimum atomic E-state index is 0.819. The van der Waals surface area contributed by atoms with Crippen molar-refractivity contribution in [2.24, 2.45) is 12.8 Å². The van der Waals surface area contributed by atoms with Gasteiger partial charge in [-0.25, -0.2) is 0 Å². The van der Waals surface area contributed by atoms with E-state index in [4.69, 9.17) is 5.73 Å². The molecule has 0 amide bonds. The molecule has 2 N–H and O–H groups in total. The first-order chi connectivity index (χ1) is 9.28. The molecule has 1 fully saturated rings. The van der Waals surface area contributed by atoms with Gasteiger partial charge < -0.3 is 10.6 Å². The van der Waals surface area contributed by atoms with Crippen LogP contribution in [0.3, 0.4) is 0 Å². The summed E-state index contributed by atoms with van der Waals surface area (Å²) in [5, 5.41) is 4.46. The van der Waals surface area contributed by atoms with Crippen LogP contribution in [0.4, 0.5) is 0 Å². The van der Waals surface area contributed by atoms with Crippen LogP contribution >= 0.6 is 0 Å². The van der Waals surface area contributed by atoms with Gasteiger partial charge in [-0.15, -0.1) is 0 Å². The Labute approximate surface area is 116 Å². The zero-order valence-electron chi connectivity index (χ0n) is 12.1. The van der Waals surface area contributed by atoms with E-state index in [-0.39, 0.29) is 0 Å². The summed E-state index contributed by atoms with van der Waals surface area (Å²) in [6.45, 7) is 7.75. The molecule has 0 saturated carbocycles. The second-order valence-corrected chi connectivity index (χ2v) is 5.45. The van der Waals surface area contributed by atoms with Crippen molar-refractivity contribution in [3.63, 3.8) is 0 Å². The van der Waals surface area contributed by atoms with Gasteiger partial charge >= 0.3 is 0 Å². The second-order valence-electron chi connectivity index (χ2n) is 5.45. The molecule has 1 aromatic heterocycles. The highest BCUT2D eigenvalue weighted by molar-refractivity contribution is 4.98. The maximum absolute atomic E-state index is 5.55. The minimum absolute atomic E-state index is 0.819. The molecule has 0 atom stereocenters. The zero-order chi connectivity index (χ0) is 13.5. The average Bonchev–Trinajstić information content (AvgIpc) is 2.67. The zero-order valence-corrected chi connectivity index (χ0v) is 12.1. The summed E-state index contributed by atoms with van der Waals surface area (Å²) < 4.78 is 1.88. The Bertz CT molecular complexity index is 362. The highest BCUT2D eigenvalue weighted by Gasteiger charge is 2.15. The Kier molecular flexibility index (Phi) is 5.82. The van der Waals surface area contributed by atoms with Crippen molar-refractivity contribution in [1.29, 1.82) is 0 Å². The number of hydrogen-bond donors (Lipinski definition) is 1. The van der Waals surface area contributed by atoms with Gasteiger partial charge in [0.05, 0.1) is 5.69 Å². The number of hydrogen-bond acceptors (Lipinski definition) is 4. The van der Waals surface area contributed by atoms with Crippen LogP contribution < -0.4 is 5.73 Å². The molecule has 1 aliphatic rings. The van der Waals surface area contributed by atoms with E-state index in [1.54, 1.807) is 0 Å². The van der Waals surface area contributed by atoms with Gasteiger partial charge in [-0.05, 0) is 51.5 Å². The average molecular weight is 265 g/mol. The normalized spacial score (nSPS) is 18.6. The standard InChI is InChI=1S/C14H27N5/c1-17-10-5-14(16-17)13-19-9-4-8-18(11-12-19)7-3-2-6-15/h5,10H,2-4,6-9,11-13,15H2,1H3. The third-order valence-electron chi connectivity index (χ3n) is 3.76. The van der Waals surface area contributed by atoms with Crippen LogP contribution in [0.15, 0.2) is 12.3 Å². The summed E-state index contributed by atoms with van der Waals surface area (Å²) in [6, 6.07) is 2.11. The predicted octanol–water partition coefficient (Wildman–Crippen LogP) is 0.667. The van der Waals surface area contributed by atoms with Crippen molar-refractivity contribution < 1.29 is 0 Å². The van der Waals surface area contributed by atoms with E-state index in [2.05, 4.69) is 21.0 Å². The molecule has 2 heterocycles. The minimum Gasteiger partial charge on any atom is -0.330 e. The number of aromatic nitrogens is 2. The van der Waals surface area contributed by atoms with E-state index in [1.807, 2.05) is 17.9 Å². The van der Waals surface area contributed by atoms with E-state index in [0.29, 0.717) is 0 Å². The molecule has 0 bridgehead atoms. The molecule has 1 aromatic rings. The first-order valence-electron chi connectivity index (χ1n) is 7.41. The molecule has 2 rings (SSSR count). The SMILES string of the molecule is Cn1ccc(CN2CCCN(CCCCN)CC2)n1. The largest absolute Gasteiger partial charge is 0.330 e. The van der Waals surface area contributed by atoms with Gasteiger partial charge in [-0.1, -0.05) is 0 Å². The van der Waals surface area contributed by atoms with Crippen molar-refractivity contribution >= 4 is 0 Å². The maximum atomic E-state index is 5.55. The number of rotatable bonds is 6. The van der Waals surface area contributed by atoms with Crippen molar-refractivity contribution in [2.75, 3.05) is 39.3 Å². The fraction of sp³-hybridized carbons (Fsp3) is 0.786. The summed E-state index contributed by atoms with van der Waals surface area (Å²) in [6.07, 6.45) is 5.66. The molecular formula is C14H27N5. The molecule has 0 spiro atoms. The molecule has 5 nitrogen and oxygen atoms in total. The summed E-state index contributed by atoms with van der Waals surface area (Å²) in [5.41, 5.74) is 6.73. The summed E-state index contributed by atoms with van der Waals surface area (Å²) in [7, 11) is 1.98. The summed E-state index contributed by atoms with van der Waals surface area (Å²) >= 11 is 0. The third-order valence-corrected chi connectivity index (χ3v) is 3.76. The number of aryl methyl sites for hydroxylation is 1. The molecule has 0 radical (unpaired) electrons. The van der Waals surface area contributed by atoms with Crippen molar-refractivity contribution in [1.82, 2.24) is 19.6 Å². The van der Waals surface area contributed by atoms with Crippen LogP contribution in [0.5, 0.6) is 0 Å². The first-order valence-corrected chi connectivity index (χ1v) is 7.41. The van der Waals surface area contributed by atoms with E-state index in [1.165, 1.54) is 44.7 Å². The highest BCUT2D eigenvalue weighted by Crippen LogP contribution is 2.08. The van der Waals surface area contributed by atoms with Gasteiger partial charge in [0.2, 0.25) is 0 Å². The van der Waals surface area contributed by atoms with Gasteiger partial charge in [0, 0.05) is 32.9 Å². The molecule has 19 heavy (non-hydrogen) atoms. The van der Waals surface area contributed by atoms with Crippen LogP contribution in [0.2, 0.25) is 0 Å². The Hall–Kier alpha value is -0.910. The van der Waals surface area contributed by atoms with Crippen LogP contribution in [0, 0.1) is 0 Å². The van der Waals surface area contributed by atoms with Gasteiger partial charge in [-0.3, -0.25) is 9.58 Å². The third kappa shape index (κ3) is 4.93. The lowest BCUT2D eigenvalue weighted by molar-refractivity contribution is 0.247. The van der Waals surface area contributed by atoms with Gasteiger partial charge in [0.1, 0.15) is 0 Å².